The first-order chi connectivity index (χ1) is 15.5. The molecule has 0 saturated carbocycles. The molecule has 3 aromatic carbocycles. The van der Waals surface area contributed by atoms with Crippen LogP contribution in [0, 0.1) is 0 Å². The molecule has 7 nitrogen and oxygen atoms in total. The molecule has 0 aromatic heterocycles. The lowest BCUT2D eigenvalue weighted by molar-refractivity contribution is -0.137. The fourth-order valence-corrected chi connectivity index (χ4v) is 3.01. The van der Waals surface area contributed by atoms with Gasteiger partial charge >= 0.3 is 5.97 Å². The average Bonchev–Trinajstić information content (AvgIpc) is 2.81. The lowest BCUT2D eigenvalue weighted by Crippen LogP contribution is -2.46. The predicted octanol–water partition coefficient (Wildman–Crippen LogP) is 3.76. The van der Waals surface area contributed by atoms with Crippen molar-refractivity contribution in [3.8, 4) is 11.5 Å². The van der Waals surface area contributed by atoms with E-state index in [9.17, 15) is 14.4 Å². The van der Waals surface area contributed by atoms with E-state index in [2.05, 4.69) is 10.6 Å². The van der Waals surface area contributed by atoms with Crippen LogP contribution in [0.2, 0.25) is 0 Å². The summed E-state index contributed by atoms with van der Waals surface area (Å²) in [6.45, 7) is 0.277. The molecule has 0 aliphatic rings. The van der Waals surface area contributed by atoms with Crippen LogP contribution >= 0.6 is 0 Å². The molecular weight excluding hydrogens is 408 g/mol. The van der Waals surface area contributed by atoms with E-state index in [-0.39, 0.29) is 19.4 Å². The SMILES string of the molecule is O=C(O)CC[C@H](NC(=O)c1cccc(Oc2ccccc2)c1)C(=O)NCc1ccccc1. The van der Waals surface area contributed by atoms with Crippen molar-refractivity contribution in [1.29, 1.82) is 0 Å². The molecule has 0 aliphatic carbocycles. The van der Waals surface area contributed by atoms with Gasteiger partial charge in [-0.3, -0.25) is 14.4 Å². The van der Waals surface area contributed by atoms with Gasteiger partial charge in [0.05, 0.1) is 0 Å². The molecule has 32 heavy (non-hydrogen) atoms. The third-order valence-corrected chi connectivity index (χ3v) is 4.65. The number of carboxylic acid groups (broad SMARTS) is 1. The molecule has 0 saturated heterocycles. The first kappa shape index (κ1) is 22.6. The van der Waals surface area contributed by atoms with Gasteiger partial charge in [-0.15, -0.1) is 0 Å². The summed E-state index contributed by atoms with van der Waals surface area (Å²) in [5, 5.41) is 14.4. The van der Waals surface area contributed by atoms with Crippen LogP contribution in [-0.4, -0.2) is 28.9 Å². The number of amides is 2. The number of carbonyl (C=O) groups excluding carboxylic acids is 2. The van der Waals surface area contributed by atoms with E-state index in [1.165, 1.54) is 0 Å². The Bertz CT molecular complexity index is 1050. The molecule has 3 N–H and O–H groups in total. The minimum atomic E-state index is -1.04. The van der Waals surface area contributed by atoms with Gasteiger partial charge in [0.1, 0.15) is 17.5 Å². The Hall–Kier alpha value is -4.13. The standard InChI is InChI=1S/C25H24N2O5/c28-23(29)15-14-22(25(31)26-17-18-8-3-1-4-9-18)27-24(30)19-10-7-13-21(16-19)32-20-11-5-2-6-12-20/h1-13,16,22H,14-15,17H2,(H,26,31)(H,27,30)(H,28,29)/t22-/m0/s1. The molecule has 0 fully saturated rings. The number of para-hydroxylation sites is 1. The Kier molecular flexibility index (Phi) is 7.97. The summed E-state index contributed by atoms with van der Waals surface area (Å²) in [7, 11) is 0. The van der Waals surface area contributed by atoms with Gasteiger partial charge in [0, 0.05) is 18.5 Å². The molecule has 2 amide bonds. The number of benzene rings is 3. The van der Waals surface area contributed by atoms with E-state index >= 15 is 0 Å². The minimum absolute atomic E-state index is 0.0259. The van der Waals surface area contributed by atoms with Crippen molar-refractivity contribution in [2.24, 2.45) is 0 Å². The highest BCUT2D eigenvalue weighted by Gasteiger charge is 2.22. The Morgan fingerprint density at radius 3 is 2.19 bits per heavy atom. The van der Waals surface area contributed by atoms with Crippen molar-refractivity contribution in [1.82, 2.24) is 10.6 Å². The Labute approximate surface area is 186 Å². The van der Waals surface area contributed by atoms with Crippen molar-refractivity contribution in [3.63, 3.8) is 0 Å². The molecule has 0 radical (unpaired) electrons. The van der Waals surface area contributed by atoms with Crippen LogP contribution in [-0.2, 0) is 16.1 Å². The molecule has 0 bridgehead atoms. The summed E-state index contributed by atoms with van der Waals surface area (Å²) in [5.41, 5.74) is 1.20. The van der Waals surface area contributed by atoms with Gasteiger partial charge in [0.15, 0.2) is 0 Å². The molecule has 0 unspecified atom stereocenters. The number of carbonyl (C=O) groups is 3. The van der Waals surface area contributed by atoms with Crippen molar-refractivity contribution in [2.75, 3.05) is 0 Å². The molecule has 0 aliphatic heterocycles. The summed E-state index contributed by atoms with van der Waals surface area (Å²) < 4.78 is 5.75. The number of hydrogen-bond donors (Lipinski definition) is 3. The van der Waals surface area contributed by atoms with Crippen molar-refractivity contribution in [3.05, 3.63) is 96.1 Å². The van der Waals surface area contributed by atoms with Crippen LogP contribution in [0.1, 0.15) is 28.8 Å². The van der Waals surface area contributed by atoms with Crippen LogP contribution in [0.15, 0.2) is 84.9 Å². The average molecular weight is 432 g/mol. The van der Waals surface area contributed by atoms with E-state index in [1.54, 1.807) is 36.4 Å². The maximum atomic E-state index is 12.8. The fourth-order valence-electron chi connectivity index (χ4n) is 3.01. The van der Waals surface area contributed by atoms with E-state index < -0.39 is 23.8 Å². The zero-order chi connectivity index (χ0) is 22.8. The number of hydrogen-bond acceptors (Lipinski definition) is 4. The van der Waals surface area contributed by atoms with Crippen LogP contribution < -0.4 is 15.4 Å². The minimum Gasteiger partial charge on any atom is -0.481 e. The number of aliphatic carboxylic acids is 1. The highest BCUT2D eigenvalue weighted by Crippen LogP contribution is 2.22. The van der Waals surface area contributed by atoms with Gasteiger partial charge in [-0.25, -0.2) is 0 Å². The monoisotopic (exact) mass is 432 g/mol. The Morgan fingerprint density at radius 2 is 1.50 bits per heavy atom. The highest BCUT2D eigenvalue weighted by atomic mass is 16.5. The quantitative estimate of drug-likeness (QED) is 0.453. The van der Waals surface area contributed by atoms with Crippen LogP contribution in [0.4, 0.5) is 0 Å². The van der Waals surface area contributed by atoms with Crippen LogP contribution in [0.5, 0.6) is 11.5 Å². The molecule has 164 valence electrons. The van der Waals surface area contributed by atoms with Gasteiger partial charge in [0.2, 0.25) is 5.91 Å². The van der Waals surface area contributed by atoms with Crippen LogP contribution in [0.3, 0.4) is 0 Å². The number of carboxylic acids is 1. The van der Waals surface area contributed by atoms with Gasteiger partial charge in [-0.05, 0) is 42.3 Å². The number of rotatable bonds is 10. The molecule has 0 spiro atoms. The fraction of sp³-hybridized carbons (Fsp3) is 0.160. The summed E-state index contributed by atoms with van der Waals surface area (Å²) in [6.07, 6.45) is -0.275. The van der Waals surface area contributed by atoms with Gasteiger partial charge in [-0.1, -0.05) is 54.6 Å². The summed E-state index contributed by atoms with van der Waals surface area (Å²) in [5.74, 6) is -0.878. The zero-order valence-corrected chi connectivity index (χ0v) is 17.4. The normalized spacial score (nSPS) is 11.2. The summed E-state index contributed by atoms with van der Waals surface area (Å²) >= 11 is 0. The van der Waals surface area contributed by atoms with Crippen molar-refractivity contribution in [2.45, 2.75) is 25.4 Å². The topological polar surface area (TPSA) is 105 Å². The molecule has 7 heteroatoms. The van der Waals surface area contributed by atoms with E-state index in [4.69, 9.17) is 9.84 Å². The van der Waals surface area contributed by atoms with E-state index in [1.807, 2.05) is 48.5 Å². The molecule has 3 rings (SSSR count). The lowest BCUT2D eigenvalue weighted by Gasteiger charge is -2.18. The largest absolute Gasteiger partial charge is 0.481 e. The third-order valence-electron chi connectivity index (χ3n) is 4.65. The Morgan fingerprint density at radius 1 is 0.844 bits per heavy atom. The van der Waals surface area contributed by atoms with E-state index in [0.717, 1.165) is 5.56 Å². The molecule has 3 aromatic rings. The van der Waals surface area contributed by atoms with Gasteiger partial charge < -0.3 is 20.5 Å². The smallest absolute Gasteiger partial charge is 0.303 e. The van der Waals surface area contributed by atoms with Crippen molar-refractivity contribution >= 4 is 17.8 Å². The maximum Gasteiger partial charge on any atom is 0.303 e. The third kappa shape index (κ3) is 6.98. The molecule has 1 atom stereocenters. The summed E-state index contributed by atoms with van der Waals surface area (Å²) in [4.78, 5) is 36.5. The number of nitrogens with one attached hydrogen (secondary N) is 2. The van der Waals surface area contributed by atoms with Crippen molar-refractivity contribution < 1.29 is 24.2 Å². The second kappa shape index (κ2) is 11.3. The van der Waals surface area contributed by atoms with E-state index in [0.29, 0.717) is 17.1 Å². The maximum absolute atomic E-state index is 12.8. The zero-order valence-electron chi connectivity index (χ0n) is 17.4. The molecule has 0 heterocycles. The first-order valence-corrected chi connectivity index (χ1v) is 10.2. The highest BCUT2D eigenvalue weighted by molar-refractivity contribution is 5.98. The first-order valence-electron chi connectivity index (χ1n) is 10.2. The van der Waals surface area contributed by atoms with Gasteiger partial charge in [0.25, 0.3) is 5.91 Å². The second-order valence-corrected chi connectivity index (χ2v) is 7.10. The summed E-state index contributed by atoms with van der Waals surface area (Å²) in [6, 6.07) is 24.0. The van der Waals surface area contributed by atoms with Crippen LogP contribution in [0.25, 0.3) is 0 Å². The predicted molar refractivity (Wildman–Crippen MR) is 119 cm³/mol. The lowest BCUT2D eigenvalue weighted by atomic mass is 10.1. The van der Waals surface area contributed by atoms with Gasteiger partial charge in [-0.2, -0.15) is 0 Å². The Balaban J connectivity index is 1.66. The second-order valence-electron chi connectivity index (χ2n) is 7.10. The molecular formula is C25H24N2O5. The number of ether oxygens (including phenoxy) is 1.